The molecule has 1 aromatic carbocycles. The van der Waals surface area contributed by atoms with E-state index in [1.807, 2.05) is 24.4 Å². The number of halogens is 1. The van der Waals surface area contributed by atoms with Gasteiger partial charge in [-0.2, -0.15) is 0 Å². The molecule has 0 N–H and O–H groups in total. The van der Waals surface area contributed by atoms with E-state index in [1.165, 1.54) is 18.4 Å². The van der Waals surface area contributed by atoms with E-state index in [0.717, 1.165) is 22.5 Å². The lowest BCUT2D eigenvalue weighted by Gasteiger charge is -2.30. The van der Waals surface area contributed by atoms with Crippen LogP contribution in [0.25, 0.3) is 0 Å². The van der Waals surface area contributed by atoms with Crippen molar-refractivity contribution in [2.24, 2.45) is 0 Å². The topological polar surface area (TPSA) is 25.4 Å². The van der Waals surface area contributed by atoms with Crippen LogP contribution in [-0.2, 0) is 0 Å². The van der Waals surface area contributed by atoms with Crippen molar-refractivity contribution >= 4 is 15.9 Å². The summed E-state index contributed by atoms with van der Waals surface area (Å²) in [5.41, 5.74) is 2.48. The van der Waals surface area contributed by atoms with Gasteiger partial charge in [0.15, 0.2) is 0 Å². The first-order chi connectivity index (χ1) is 10.7. The van der Waals surface area contributed by atoms with Crippen LogP contribution < -0.4 is 4.74 Å². The van der Waals surface area contributed by atoms with Crippen molar-refractivity contribution in [2.45, 2.75) is 31.8 Å². The van der Waals surface area contributed by atoms with Gasteiger partial charge in [0.2, 0.25) is 0 Å². The van der Waals surface area contributed by atoms with Crippen LogP contribution in [0.15, 0.2) is 47.1 Å². The van der Waals surface area contributed by atoms with E-state index >= 15 is 0 Å². The second-order valence-corrected chi connectivity index (χ2v) is 6.66. The number of rotatable bonds is 4. The van der Waals surface area contributed by atoms with Gasteiger partial charge < -0.3 is 4.74 Å². The van der Waals surface area contributed by atoms with Crippen LogP contribution in [0.1, 0.15) is 43.1 Å². The van der Waals surface area contributed by atoms with Crippen LogP contribution in [-0.4, -0.2) is 23.5 Å². The highest BCUT2D eigenvalue weighted by molar-refractivity contribution is 9.10. The van der Waals surface area contributed by atoms with Gasteiger partial charge in [0.1, 0.15) is 5.75 Å². The quantitative estimate of drug-likeness (QED) is 0.786. The first kappa shape index (κ1) is 15.5. The summed E-state index contributed by atoms with van der Waals surface area (Å²) in [4.78, 5) is 7.14. The third-order valence-corrected chi connectivity index (χ3v) is 4.97. The summed E-state index contributed by atoms with van der Waals surface area (Å²) in [6, 6.07) is 13.3. The predicted molar refractivity (Wildman–Crippen MR) is 92.0 cm³/mol. The SMILES string of the molecule is COc1ccc([C@H](C)N2CCCC2c2cc(Br)ccn2)cc1. The number of likely N-dealkylation sites (tertiary alicyclic amines) is 1. The normalized spacial score (nSPS) is 20.0. The number of ether oxygens (including phenoxy) is 1. The highest BCUT2D eigenvalue weighted by Gasteiger charge is 2.31. The average molecular weight is 361 g/mol. The summed E-state index contributed by atoms with van der Waals surface area (Å²) in [5, 5.41) is 0. The first-order valence-corrected chi connectivity index (χ1v) is 8.49. The van der Waals surface area contributed by atoms with Gasteiger partial charge in [-0.3, -0.25) is 9.88 Å². The number of benzene rings is 1. The summed E-state index contributed by atoms with van der Waals surface area (Å²) in [5.74, 6) is 0.905. The van der Waals surface area contributed by atoms with Crippen molar-refractivity contribution in [3.8, 4) is 5.75 Å². The van der Waals surface area contributed by atoms with Crippen molar-refractivity contribution in [3.05, 3.63) is 58.3 Å². The Morgan fingerprint density at radius 2 is 2.05 bits per heavy atom. The maximum Gasteiger partial charge on any atom is 0.118 e. The van der Waals surface area contributed by atoms with Crippen molar-refractivity contribution in [1.82, 2.24) is 9.88 Å². The lowest BCUT2D eigenvalue weighted by Crippen LogP contribution is -2.27. The van der Waals surface area contributed by atoms with E-state index in [-0.39, 0.29) is 0 Å². The van der Waals surface area contributed by atoms with Gasteiger partial charge in [-0.25, -0.2) is 0 Å². The van der Waals surface area contributed by atoms with Crippen molar-refractivity contribution in [1.29, 1.82) is 0 Å². The van der Waals surface area contributed by atoms with Crippen LogP contribution in [0.5, 0.6) is 5.75 Å². The van der Waals surface area contributed by atoms with Crippen LogP contribution in [0.2, 0.25) is 0 Å². The molecule has 1 aliphatic rings. The molecule has 1 aliphatic heterocycles. The molecule has 1 fully saturated rings. The second-order valence-electron chi connectivity index (χ2n) is 5.74. The monoisotopic (exact) mass is 360 g/mol. The van der Waals surface area contributed by atoms with Crippen LogP contribution in [0, 0.1) is 0 Å². The van der Waals surface area contributed by atoms with E-state index in [0.29, 0.717) is 12.1 Å². The van der Waals surface area contributed by atoms with Gasteiger partial charge in [-0.05, 0) is 56.1 Å². The van der Waals surface area contributed by atoms with Gasteiger partial charge >= 0.3 is 0 Å². The number of hydrogen-bond donors (Lipinski definition) is 0. The first-order valence-electron chi connectivity index (χ1n) is 7.70. The molecule has 0 radical (unpaired) electrons. The number of methoxy groups -OCH3 is 1. The molecule has 0 spiro atoms. The van der Waals surface area contributed by atoms with Gasteiger partial charge in [-0.15, -0.1) is 0 Å². The Balaban J connectivity index is 1.82. The van der Waals surface area contributed by atoms with Crippen molar-refractivity contribution in [3.63, 3.8) is 0 Å². The molecule has 22 heavy (non-hydrogen) atoms. The fraction of sp³-hybridized carbons (Fsp3) is 0.389. The lowest BCUT2D eigenvalue weighted by molar-refractivity contribution is 0.191. The van der Waals surface area contributed by atoms with Gasteiger partial charge in [0.25, 0.3) is 0 Å². The number of pyridine rings is 1. The molecule has 0 amide bonds. The Bertz CT molecular complexity index is 629. The molecule has 1 aromatic heterocycles. The minimum atomic E-state index is 0.374. The summed E-state index contributed by atoms with van der Waals surface area (Å²) in [6.45, 7) is 3.39. The smallest absolute Gasteiger partial charge is 0.118 e. The Morgan fingerprint density at radius 3 is 2.73 bits per heavy atom. The Kier molecular flexibility index (Phi) is 4.79. The second kappa shape index (κ2) is 6.80. The molecule has 3 nitrogen and oxygen atoms in total. The molecule has 2 atom stereocenters. The average Bonchev–Trinajstić information content (AvgIpc) is 3.04. The molecular weight excluding hydrogens is 340 g/mol. The van der Waals surface area contributed by atoms with E-state index in [9.17, 15) is 0 Å². The number of hydrogen-bond acceptors (Lipinski definition) is 3. The molecule has 2 heterocycles. The van der Waals surface area contributed by atoms with E-state index in [1.54, 1.807) is 7.11 Å². The van der Waals surface area contributed by atoms with Crippen molar-refractivity contribution in [2.75, 3.05) is 13.7 Å². The zero-order valence-corrected chi connectivity index (χ0v) is 14.6. The molecule has 2 aromatic rings. The molecule has 0 saturated carbocycles. The fourth-order valence-corrected chi connectivity index (χ4v) is 3.60. The fourth-order valence-electron chi connectivity index (χ4n) is 3.25. The van der Waals surface area contributed by atoms with E-state index in [4.69, 9.17) is 4.74 Å². The maximum atomic E-state index is 5.25. The molecule has 1 unspecified atom stereocenters. The minimum Gasteiger partial charge on any atom is -0.497 e. The predicted octanol–water partition coefficient (Wildman–Crippen LogP) is 4.75. The number of aromatic nitrogens is 1. The Morgan fingerprint density at radius 1 is 1.27 bits per heavy atom. The third-order valence-electron chi connectivity index (χ3n) is 4.47. The number of nitrogens with zero attached hydrogens (tertiary/aromatic N) is 2. The Labute approximate surface area is 140 Å². The van der Waals surface area contributed by atoms with Gasteiger partial charge in [0, 0.05) is 16.7 Å². The highest BCUT2D eigenvalue weighted by Crippen LogP contribution is 2.38. The summed E-state index contributed by atoms with van der Waals surface area (Å²) in [6.07, 6.45) is 4.28. The van der Waals surface area contributed by atoms with Crippen LogP contribution >= 0.6 is 15.9 Å². The van der Waals surface area contributed by atoms with Crippen LogP contribution in [0.3, 0.4) is 0 Å². The van der Waals surface area contributed by atoms with Gasteiger partial charge in [0.05, 0.1) is 18.8 Å². The third kappa shape index (κ3) is 3.18. The Hall–Kier alpha value is -1.39. The molecule has 3 rings (SSSR count). The molecule has 0 bridgehead atoms. The van der Waals surface area contributed by atoms with Crippen LogP contribution in [0.4, 0.5) is 0 Å². The largest absolute Gasteiger partial charge is 0.497 e. The molecule has 116 valence electrons. The summed E-state index contributed by atoms with van der Waals surface area (Å²) in [7, 11) is 1.70. The van der Waals surface area contributed by atoms with Crippen molar-refractivity contribution < 1.29 is 4.74 Å². The van der Waals surface area contributed by atoms with E-state index < -0.39 is 0 Å². The lowest BCUT2D eigenvalue weighted by atomic mass is 10.0. The maximum absolute atomic E-state index is 5.25. The molecular formula is C18H21BrN2O. The highest BCUT2D eigenvalue weighted by atomic mass is 79.9. The molecule has 1 saturated heterocycles. The molecule has 4 heteroatoms. The van der Waals surface area contributed by atoms with E-state index in [2.05, 4.69) is 50.9 Å². The standard InChI is InChI=1S/C18H21BrN2O/c1-13(14-5-7-16(22-2)8-6-14)21-11-3-4-18(21)17-12-15(19)9-10-20-17/h5-10,12-13,18H,3-4,11H2,1-2H3/t13-,18?/m0/s1. The zero-order valence-electron chi connectivity index (χ0n) is 13.0. The van der Waals surface area contributed by atoms with Gasteiger partial charge in [-0.1, -0.05) is 28.1 Å². The summed E-state index contributed by atoms with van der Waals surface area (Å²) >= 11 is 3.55. The zero-order chi connectivity index (χ0) is 15.5. The minimum absolute atomic E-state index is 0.374. The summed E-state index contributed by atoms with van der Waals surface area (Å²) < 4.78 is 6.35. The molecule has 0 aliphatic carbocycles.